The van der Waals surface area contributed by atoms with Crippen molar-refractivity contribution in [1.82, 2.24) is 47.5 Å². The highest BCUT2D eigenvalue weighted by atomic mass is 16.2. The lowest BCUT2D eigenvalue weighted by Gasteiger charge is -2.27. The molecular formula is C47H68N16O9. The summed E-state index contributed by atoms with van der Waals surface area (Å²) in [5.41, 5.74) is 29.7. The Bertz CT molecular complexity index is 2440. The molecule has 7 atom stereocenters. The smallest absolute Gasteiger partial charge is 0.243 e. The predicted molar refractivity (Wildman–Crippen MR) is 268 cm³/mol. The number of nitrogens with one attached hydrogen (secondary N) is 9. The second-order valence-electron chi connectivity index (χ2n) is 17.4. The first-order valence-corrected chi connectivity index (χ1v) is 23.7. The van der Waals surface area contributed by atoms with E-state index in [0.29, 0.717) is 11.1 Å². The number of hydrogen-bond acceptors (Lipinski definition) is 11. The summed E-state index contributed by atoms with van der Waals surface area (Å²) in [5, 5.41) is 22.0. The summed E-state index contributed by atoms with van der Waals surface area (Å²) < 4.78 is 0. The molecule has 1 saturated heterocycles. The van der Waals surface area contributed by atoms with Gasteiger partial charge in [-0.1, -0.05) is 48.5 Å². The van der Waals surface area contributed by atoms with Crippen LogP contribution in [0.15, 0.2) is 70.8 Å². The number of fused-ring (bicyclic) bond motifs is 1. The minimum Gasteiger partial charge on any atom is -0.370 e. The Kier molecular flexibility index (Phi) is 22.2. The van der Waals surface area contributed by atoms with Crippen LogP contribution in [0, 0.1) is 0 Å². The van der Waals surface area contributed by atoms with Gasteiger partial charge in [-0.15, -0.1) is 0 Å². The number of aliphatic imine (C=N–C) groups is 2. The molecule has 0 saturated carbocycles. The molecular weight excluding hydrogens is 933 g/mol. The van der Waals surface area contributed by atoms with E-state index in [4.69, 9.17) is 28.7 Å². The van der Waals surface area contributed by atoms with Crippen LogP contribution in [0.3, 0.4) is 0 Å². The normalized spacial score (nSPS) is 21.5. The lowest BCUT2D eigenvalue weighted by atomic mass is 10.0. The third kappa shape index (κ3) is 18.9. The van der Waals surface area contributed by atoms with E-state index in [9.17, 15) is 43.2 Å². The molecule has 25 heteroatoms. The van der Waals surface area contributed by atoms with Crippen molar-refractivity contribution >= 4 is 76.0 Å². The minimum atomic E-state index is -1.37. The van der Waals surface area contributed by atoms with Gasteiger partial charge < -0.3 is 76.2 Å². The highest BCUT2D eigenvalue weighted by Gasteiger charge is 2.34. The quantitative estimate of drug-likeness (QED) is 0.0380. The van der Waals surface area contributed by atoms with Crippen LogP contribution in [0.4, 0.5) is 0 Å². The summed E-state index contributed by atoms with van der Waals surface area (Å²) in [5.74, 6) is -7.15. The van der Waals surface area contributed by atoms with E-state index < -0.39 is 95.5 Å². The number of rotatable bonds is 16. The maximum absolute atomic E-state index is 14.4. The number of para-hydroxylation sites is 1. The predicted octanol–water partition coefficient (Wildman–Crippen LogP) is -3.33. The average Bonchev–Trinajstić information content (AvgIpc) is 3.74. The highest BCUT2D eigenvalue weighted by Crippen LogP contribution is 2.20. The number of nitrogens with two attached hydrogens (primary N) is 5. The first kappa shape index (κ1) is 56.3. The number of amides is 9. The van der Waals surface area contributed by atoms with Crippen LogP contribution in [0.2, 0.25) is 0 Å². The monoisotopic (exact) mass is 1000 g/mol. The zero-order chi connectivity index (χ0) is 52.7. The van der Waals surface area contributed by atoms with Crippen molar-refractivity contribution in [3.8, 4) is 0 Å². The maximum Gasteiger partial charge on any atom is 0.243 e. The number of H-pyrrole nitrogens is 1. The van der Waals surface area contributed by atoms with Gasteiger partial charge in [-0.3, -0.25) is 53.1 Å². The van der Waals surface area contributed by atoms with Gasteiger partial charge in [-0.2, -0.15) is 0 Å². The first-order valence-electron chi connectivity index (χ1n) is 23.7. The van der Waals surface area contributed by atoms with Crippen molar-refractivity contribution in [2.75, 3.05) is 19.6 Å². The van der Waals surface area contributed by atoms with Gasteiger partial charge in [0.15, 0.2) is 11.9 Å². The highest BCUT2D eigenvalue weighted by molar-refractivity contribution is 5.98. The van der Waals surface area contributed by atoms with Gasteiger partial charge in [0.1, 0.15) is 42.3 Å². The Labute approximate surface area is 416 Å². The topological polar surface area (TPSA) is 420 Å². The van der Waals surface area contributed by atoms with Gasteiger partial charge in [-0.05, 0) is 69.1 Å². The van der Waals surface area contributed by atoms with Gasteiger partial charge in [0.25, 0.3) is 0 Å². The number of benzene rings is 2. The molecule has 0 unspecified atom stereocenters. The van der Waals surface area contributed by atoms with Crippen LogP contribution in [0.5, 0.6) is 0 Å². The van der Waals surface area contributed by atoms with Crippen molar-refractivity contribution in [1.29, 1.82) is 0 Å². The van der Waals surface area contributed by atoms with E-state index in [-0.39, 0.29) is 95.8 Å². The van der Waals surface area contributed by atoms with Gasteiger partial charge in [-0.25, -0.2) is 0 Å². The molecule has 4 rings (SSSR count). The largest absolute Gasteiger partial charge is 0.370 e. The molecule has 72 heavy (non-hydrogen) atoms. The van der Waals surface area contributed by atoms with E-state index >= 15 is 0 Å². The van der Waals surface area contributed by atoms with Crippen molar-refractivity contribution in [2.24, 2.45) is 38.7 Å². The van der Waals surface area contributed by atoms with Crippen LogP contribution in [0.25, 0.3) is 10.9 Å². The number of hydrogen-bond donors (Lipinski definition) is 14. The lowest BCUT2D eigenvalue weighted by Crippen LogP contribution is -2.60. The van der Waals surface area contributed by atoms with Crippen molar-refractivity contribution in [2.45, 2.75) is 120 Å². The summed E-state index contributed by atoms with van der Waals surface area (Å²) >= 11 is 0. The SMILES string of the molecule is CC(=O)N[C@@H](CCCN=C(N)N)C(=O)N[C@H]1CCCNC(=O)CC[C@@H](C(N)=O)NC(=O)[C@H](Cc2c[nH]c3ccccc23)NC(=O)[C@H](CCCN=C(N)N)NC(=O)[C@@H](Cc2ccccc2)NC(=O)[C@H](C)NC1=O. The summed E-state index contributed by atoms with van der Waals surface area (Å²) in [4.78, 5) is 134. The van der Waals surface area contributed by atoms with Crippen LogP contribution < -0.4 is 71.2 Å². The zero-order valence-electron chi connectivity index (χ0n) is 40.5. The molecule has 1 aliphatic rings. The molecule has 2 heterocycles. The Morgan fingerprint density at radius 1 is 0.708 bits per heavy atom. The lowest BCUT2D eigenvalue weighted by molar-refractivity contribution is -0.135. The molecule has 0 bridgehead atoms. The molecule has 0 spiro atoms. The number of nitrogens with zero attached hydrogens (tertiary/aromatic N) is 2. The third-order valence-electron chi connectivity index (χ3n) is 11.6. The first-order chi connectivity index (χ1) is 34.3. The molecule has 1 aromatic heterocycles. The Morgan fingerprint density at radius 3 is 2.00 bits per heavy atom. The molecule has 3 aromatic rings. The molecule has 1 aliphatic heterocycles. The Hall–Kier alpha value is -8.25. The minimum absolute atomic E-state index is 0.0160. The molecule has 19 N–H and O–H groups in total. The number of carbonyl (C=O) groups excluding carboxylic acids is 9. The van der Waals surface area contributed by atoms with E-state index in [1.54, 1.807) is 42.6 Å². The molecule has 390 valence electrons. The fraction of sp³-hybridized carbons (Fsp3) is 0.468. The van der Waals surface area contributed by atoms with Crippen LogP contribution >= 0.6 is 0 Å². The summed E-state index contributed by atoms with van der Waals surface area (Å²) in [6.07, 6.45) is 1.51. The molecule has 2 aromatic carbocycles. The second kappa shape index (κ2) is 28.4. The maximum atomic E-state index is 14.4. The van der Waals surface area contributed by atoms with Gasteiger partial charge in [0, 0.05) is 62.9 Å². The van der Waals surface area contributed by atoms with Gasteiger partial charge >= 0.3 is 0 Å². The standard InChI is InChI=1S/C47H68N16O9/c1-26-40(67)62-36(23-28-11-4-3-5-12-28)44(71)61-35(17-10-22-55-47(51)52)43(70)63-37(24-29-25-56-31-14-7-6-13-30(29)31)45(72)59-32(39(48)66)18-19-38(65)53-20-8-16-34(41(68)57-26)60-42(69)33(58-27(2)64)15-9-21-54-46(49)50/h3-7,11-14,25-26,32-37,56H,8-10,15-24H2,1-2H3,(H2,48,66)(H,53,65)(H,57,68)(H,58,64)(H,59,72)(H,60,69)(H,61,71)(H,62,67)(H,63,70)(H4,49,50,54)(H4,51,52,55)/t26-,32-,33-,34-,35-,36+,37-/m0/s1. The molecule has 1 fully saturated rings. The number of primary amides is 1. The molecule has 25 nitrogen and oxygen atoms in total. The molecule has 9 amide bonds. The summed E-state index contributed by atoms with van der Waals surface area (Å²) in [6.45, 7) is 2.78. The summed E-state index contributed by atoms with van der Waals surface area (Å²) in [7, 11) is 0. The third-order valence-corrected chi connectivity index (χ3v) is 11.6. The second-order valence-corrected chi connectivity index (χ2v) is 17.4. The van der Waals surface area contributed by atoms with Crippen LogP contribution in [-0.2, 0) is 56.0 Å². The van der Waals surface area contributed by atoms with Gasteiger partial charge in [0.05, 0.1) is 0 Å². The molecule has 0 aliphatic carbocycles. The number of aromatic nitrogens is 1. The fourth-order valence-electron chi connectivity index (χ4n) is 7.80. The number of guanidine groups is 2. The number of carbonyl (C=O) groups is 9. The fourth-order valence-corrected chi connectivity index (χ4v) is 7.80. The van der Waals surface area contributed by atoms with Crippen LogP contribution in [0.1, 0.15) is 76.3 Å². The van der Waals surface area contributed by atoms with E-state index in [1.807, 2.05) is 18.2 Å². The molecule has 0 radical (unpaired) electrons. The number of aromatic amines is 1. The zero-order valence-corrected chi connectivity index (χ0v) is 40.5. The van der Waals surface area contributed by atoms with E-state index in [0.717, 1.165) is 10.9 Å². The van der Waals surface area contributed by atoms with Crippen molar-refractivity contribution in [3.05, 3.63) is 71.9 Å². The average molecular weight is 1000 g/mol. The van der Waals surface area contributed by atoms with Crippen molar-refractivity contribution in [3.63, 3.8) is 0 Å². The Balaban J connectivity index is 1.71. The van der Waals surface area contributed by atoms with Crippen molar-refractivity contribution < 1.29 is 43.2 Å². The Morgan fingerprint density at radius 2 is 1.32 bits per heavy atom. The van der Waals surface area contributed by atoms with Gasteiger partial charge in [0.2, 0.25) is 53.2 Å². The van der Waals surface area contributed by atoms with Crippen LogP contribution in [-0.4, -0.2) is 132 Å². The van der Waals surface area contributed by atoms with E-state index in [1.165, 1.54) is 13.8 Å². The summed E-state index contributed by atoms with van der Waals surface area (Å²) in [6, 6.07) is 6.81. The van der Waals surface area contributed by atoms with E-state index in [2.05, 4.69) is 57.5 Å².